The molecule has 31 heavy (non-hydrogen) atoms. The zero-order valence-electron chi connectivity index (χ0n) is 16.1. The van der Waals surface area contributed by atoms with Crippen LogP contribution in [0.25, 0.3) is 21.6 Å². The quantitative estimate of drug-likeness (QED) is 0.265. The van der Waals surface area contributed by atoms with E-state index in [2.05, 4.69) is 35.0 Å². The number of carbonyl (C=O) groups is 2. The van der Waals surface area contributed by atoms with Gasteiger partial charge < -0.3 is 19.9 Å². The Morgan fingerprint density at radius 2 is 2.06 bits per heavy atom. The maximum atomic E-state index is 12.5. The number of fused-ring (bicyclic) bond motifs is 1. The third-order valence-electron chi connectivity index (χ3n) is 4.76. The summed E-state index contributed by atoms with van der Waals surface area (Å²) in [5.41, 5.74) is 9.68. The van der Waals surface area contributed by atoms with Gasteiger partial charge in [0.05, 0.1) is 13.4 Å². The van der Waals surface area contributed by atoms with Crippen molar-refractivity contribution in [1.82, 2.24) is 19.5 Å². The zero-order chi connectivity index (χ0) is 22.0. The maximum Gasteiger partial charge on any atom is 0.335 e. The Kier molecular flexibility index (Phi) is 5.45. The van der Waals surface area contributed by atoms with Crippen LogP contribution in [0.15, 0.2) is 48.1 Å². The maximum absolute atomic E-state index is 12.5. The number of imidazole rings is 1. The number of rotatable bonds is 5. The number of nitrogens with one attached hydrogen (secondary N) is 1. The molecular weight excluding hydrogens is 408 g/mol. The first-order valence-corrected chi connectivity index (χ1v) is 9.04. The molecular formula is C18H16N8O5. The molecule has 0 radical (unpaired) electrons. The number of aromatic nitrogens is 4. The van der Waals surface area contributed by atoms with Crippen molar-refractivity contribution in [3.05, 3.63) is 59.0 Å². The fraction of sp³-hybridized carbons (Fsp3) is 0.278. The molecule has 3 aromatic rings. The summed E-state index contributed by atoms with van der Waals surface area (Å²) in [4.78, 5) is 39.6. The third kappa shape index (κ3) is 3.64. The Morgan fingerprint density at radius 1 is 1.29 bits per heavy atom. The number of methoxy groups -OCH3 is 1. The predicted molar refractivity (Wildman–Crippen MR) is 105 cm³/mol. The molecule has 2 aromatic heterocycles. The number of amides is 1. The summed E-state index contributed by atoms with van der Waals surface area (Å²) in [6.45, 7) is 0. The molecule has 3 heterocycles. The lowest BCUT2D eigenvalue weighted by molar-refractivity contribution is -0.156. The van der Waals surface area contributed by atoms with Gasteiger partial charge in [-0.05, 0) is 17.7 Å². The fourth-order valence-electron chi connectivity index (χ4n) is 3.29. The van der Waals surface area contributed by atoms with Crippen LogP contribution in [0.3, 0.4) is 0 Å². The smallest absolute Gasteiger partial charge is 0.335 e. The van der Waals surface area contributed by atoms with E-state index in [1.807, 2.05) is 0 Å². The van der Waals surface area contributed by atoms with Crippen LogP contribution in [0, 0.1) is 0 Å². The average molecular weight is 424 g/mol. The van der Waals surface area contributed by atoms with Gasteiger partial charge in [-0.1, -0.05) is 23.3 Å². The van der Waals surface area contributed by atoms with Crippen LogP contribution in [-0.2, 0) is 14.3 Å². The Morgan fingerprint density at radius 3 is 2.77 bits per heavy atom. The van der Waals surface area contributed by atoms with Crippen LogP contribution in [0.4, 0.5) is 5.82 Å². The lowest BCUT2D eigenvalue weighted by Gasteiger charge is -2.16. The normalized spacial score (nSPS) is 22.6. The van der Waals surface area contributed by atoms with Gasteiger partial charge in [-0.3, -0.25) is 9.36 Å². The highest BCUT2D eigenvalue weighted by atomic mass is 16.6. The van der Waals surface area contributed by atoms with Gasteiger partial charge in [0, 0.05) is 10.5 Å². The minimum atomic E-state index is -1.38. The Balaban J connectivity index is 1.67. The standard InChI is InChI=1S/C18H16N8O5/c1-30-18(29)13-10(24-25-19)12(27)17(31-13)26-8-22-11-14(20-7-21-15(11)26)23-16(28)9-5-3-2-4-6-9/h2-8,10,12-13,17,27H,1H3,(H,20,21,23,28)/t10-,12+,13-,17+/m0/s1. The number of aliphatic hydroxyl groups excluding tert-OH is 1. The lowest BCUT2D eigenvalue weighted by atomic mass is 10.1. The van der Waals surface area contributed by atoms with Crippen molar-refractivity contribution >= 4 is 28.9 Å². The summed E-state index contributed by atoms with van der Waals surface area (Å²) < 4.78 is 11.6. The summed E-state index contributed by atoms with van der Waals surface area (Å²) >= 11 is 0. The van der Waals surface area contributed by atoms with Gasteiger partial charge in [0.15, 0.2) is 29.3 Å². The fourth-order valence-corrected chi connectivity index (χ4v) is 3.29. The largest absolute Gasteiger partial charge is 0.467 e. The van der Waals surface area contributed by atoms with Gasteiger partial charge in [0.2, 0.25) is 0 Å². The molecule has 0 unspecified atom stereocenters. The number of benzene rings is 1. The van der Waals surface area contributed by atoms with Crippen LogP contribution in [0.2, 0.25) is 0 Å². The molecule has 0 aliphatic carbocycles. The summed E-state index contributed by atoms with van der Waals surface area (Å²) in [5.74, 6) is -1.03. The molecule has 158 valence electrons. The summed E-state index contributed by atoms with van der Waals surface area (Å²) in [6.07, 6.45) is -1.30. The minimum Gasteiger partial charge on any atom is -0.467 e. The molecule has 13 heteroatoms. The topological polar surface area (TPSA) is 177 Å². The Hall–Kier alpha value is -4.06. The molecule has 4 atom stereocenters. The highest BCUT2D eigenvalue weighted by Gasteiger charge is 2.49. The molecule has 0 bridgehead atoms. The van der Waals surface area contributed by atoms with E-state index in [-0.39, 0.29) is 22.9 Å². The summed E-state index contributed by atoms with van der Waals surface area (Å²) in [6, 6.07) is 7.35. The van der Waals surface area contributed by atoms with Crippen LogP contribution < -0.4 is 5.32 Å². The number of azide groups is 1. The molecule has 1 aliphatic rings. The predicted octanol–water partition coefficient (Wildman–Crippen LogP) is 1.19. The van der Waals surface area contributed by atoms with E-state index in [9.17, 15) is 14.7 Å². The number of ether oxygens (including phenoxy) is 2. The molecule has 13 nitrogen and oxygen atoms in total. The van der Waals surface area contributed by atoms with Crippen molar-refractivity contribution < 1.29 is 24.2 Å². The summed E-state index contributed by atoms with van der Waals surface area (Å²) in [7, 11) is 1.15. The van der Waals surface area contributed by atoms with E-state index < -0.39 is 30.4 Å². The van der Waals surface area contributed by atoms with Crippen molar-refractivity contribution in [2.75, 3.05) is 12.4 Å². The van der Waals surface area contributed by atoms with Crippen molar-refractivity contribution in [2.24, 2.45) is 5.11 Å². The Bertz CT molecular complexity index is 1180. The number of aliphatic hydroxyl groups is 1. The van der Waals surface area contributed by atoms with Crippen molar-refractivity contribution in [3.63, 3.8) is 0 Å². The number of hydrogen-bond donors (Lipinski definition) is 2. The van der Waals surface area contributed by atoms with Crippen LogP contribution in [-0.4, -0.2) is 61.9 Å². The van der Waals surface area contributed by atoms with Crippen LogP contribution in [0.5, 0.6) is 0 Å². The van der Waals surface area contributed by atoms with E-state index in [1.165, 1.54) is 17.2 Å². The molecule has 1 amide bonds. The van der Waals surface area contributed by atoms with Crippen molar-refractivity contribution in [1.29, 1.82) is 0 Å². The van der Waals surface area contributed by atoms with Gasteiger partial charge in [-0.15, -0.1) is 0 Å². The van der Waals surface area contributed by atoms with Crippen molar-refractivity contribution in [3.8, 4) is 0 Å². The van der Waals surface area contributed by atoms with E-state index >= 15 is 0 Å². The highest BCUT2D eigenvalue weighted by Crippen LogP contribution is 2.34. The van der Waals surface area contributed by atoms with E-state index in [0.29, 0.717) is 5.56 Å². The number of hydrogen-bond acceptors (Lipinski definition) is 9. The van der Waals surface area contributed by atoms with E-state index in [0.717, 1.165) is 7.11 Å². The zero-order valence-corrected chi connectivity index (χ0v) is 16.1. The molecule has 1 saturated heterocycles. The monoisotopic (exact) mass is 424 g/mol. The van der Waals surface area contributed by atoms with Gasteiger partial charge in [-0.25, -0.2) is 19.7 Å². The molecule has 2 N–H and O–H groups in total. The second-order valence-electron chi connectivity index (χ2n) is 6.52. The third-order valence-corrected chi connectivity index (χ3v) is 4.76. The molecule has 1 aliphatic heterocycles. The first-order chi connectivity index (χ1) is 15.0. The molecule has 1 fully saturated rings. The van der Waals surface area contributed by atoms with E-state index in [1.54, 1.807) is 30.3 Å². The van der Waals surface area contributed by atoms with Gasteiger partial charge in [0.1, 0.15) is 18.5 Å². The number of nitrogens with zero attached hydrogens (tertiary/aromatic N) is 7. The summed E-state index contributed by atoms with van der Waals surface area (Å²) in [5, 5.41) is 16.8. The van der Waals surface area contributed by atoms with Crippen molar-refractivity contribution in [2.45, 2.75) is 24.5 Å². The van der Waals surface area contributed by atoms with Gasteiger partial charge in [-0.2, -0.15) is 0 Å². The van der Waals surface area contributed by atoms with Gasteiger partial charge >= 0.3 is 5.97 Å². The SMILES string of the molecule is COC(=O)[C@H]1O[C@@H](n2cnc3c(NC(=O)c4ccccc4)ncnc32)[C@H](O)[C@@H]1N=[N+]=[N-]. The van der Waals surface area contributed by atoms with Crippen LogP contribution >= 0.6 is 0 Å². The van der Waals surface area contributed by atoms with E-state index in [4.69, 9.17) is 10.3 Å². The second kappa shape index (κ2) is 8.36. The lowest BCUT2D eigenvalue weighted by Crippen LogP contribution is -2.35. The molecule has 0 spiro atoms. The number of anilines is 1. The van der Waals surface area contributed by atoms with Crippen LogP contribution in [0.1, 0.15) is 16.6 Å². The average Bonchev–Trinajstić information content (AvgIpc) is 3.36. The second-order valence-corrected chi connectivity index (χ2v) is 6.52. The first-order valence-electron chi connectivity index (χ1n) is 9.04. The minimum absolute atomic E-state index is 0.154. The molecule has 4 rings (SSSR count). The highest BCUT2D eigenvalue weighted by molar-refractivity contribution is 6.06. The number of esters is 1. The number of carbonyl (C=O) groups excluding carboxylic acids is 2. The van der Waals surface area contributed by atoms with Gasteiger partial charge in [0.25, 0.3) is 5.91 Å². The molecule has 1 aromatic carbocycles. The molecule has 0 saturated carbocycles. The Labute approximate surface area is 174 Å². The first kappa shape index (κ1) is 20.2.